The van der Waals surface area contributed by atoms with E-state index in [1.165, 1.54) is 5.32 Å². The molecule has 1 aromatic rings. The van der Waals surface area contributed by atoms with Crippen LogP contribution in [0.15, 0.2) is 18.5 Å². The summed E-state index contributed by atoms with van der Waals surface area (Å²) >= 11 is 0. The van der Waals surface area contributed by atoms with Crippen LogP contribution < -0.4 is 5.32 Å². The molecule has 0 fully saturated rings. The Hall–Kier alpha value is -2.33. The van der Waals surface area contributed by atoms with Gasteiger partial charge >= 0.3 is 18.3 Å². The van der Waals surface area contributed by atoms with Gasteiger partial charge in [-0.15, -0.1) is 0 Å². The quantitative estimate of drug-likeness (QED) is 0.840. The number of nitrogens with one attached hydrogen (secondary N) is 1. The number of hydrogen-bond donors (Lipinski definition) is 2. The van der Waals surface area contributed by atoms with Crippen molar-refractivity contribution in [3.8, 4) is 0 Å². The molecular formula is C10H6F6N2O3. The van der Waals surface area contributed by atoms with Crippen LogP contribution in [0.4, 0.5) is 32.0 Å². The van der Waals surface area contributed by atoms with Crippen molar-refractivity contribution < 1.29 is 41.0 Å². The fraction of sp³-hybridized carbons (Fsp3) is 0.300. The number of amides is 1. The highest BCUT2D eigenvalue weighted by Gasteiger charge is 2.61. The lowest BCUT2D eigenvalue weighted by atomic mass is 10.1. The maximum Gasteiger partial charge on any atom is 0.409 e. The molecule has 0 unspecified atom stereocenters. The van der Waals surface area contributed by atoms with Crippen LogP contribution in [0.5, 0.6) is 0 Å². The first-order valence-electron chi connectivity index (χ1n) is 5.06. The van der Waals surface area contributed by atoms with E-state index in [0.29, 0.717) is 6.20 Å². The van der Waals surface area contributed by atoms with Gasteiger partial charge in [0.2, 0.25) is 11.8 Å². The second-order valence-electron chi connectivity index (χ2n) is 3.73. The molecule has 1 aromatic heterocycles. The molecule has 0 aromatic carbocycles. The Labute approximate surface area is 112 Å². The molecule has 5 nitrogen and oxygen atoms in total. The van der Waals surface area contributed by atoms with E-state index in [9.17, 15) is 35.9 Å². The van der Waals surface area contributed by atoms with Crippen molar-refractivity contribution >= 4 is 17.6 Å². The third-order valence-electron chi connectivity index (χ3n) is 2.23. The van der Waals surface area contributed by atoms with Crippen molar-refractivity contribution in [1.29, 1.82) is 0 Å². The van der Waals surface area contributed by atoms with Crippen molar-refractivity contribution in [3.63, 3.8) is 0 Å². The Morgan fingerprint density at radius 3 is 2.10 bits per heavy atom. The molecule has 0 radical (unpaired) electrons. The first-order chi connectivity index (χ1) is 9.44. The lowest BCUT2D eigenvalue weighted by molar-refractivity contribution is -0.272. The predicted octanol–water partition coefficient (Wildman–Crippen LogP) is 2.46. The van der Waals surface area contributed by atoms with E-state index in [0.717, 1.165) is 12.3 Å². The van der Waals surface area contributed by atoms with Crippen LogP contribution in [0.2, 0.25) is 0 Å². The lowest BCUT2D eigenvalue weighted by Gasteiger charge is -2.22. The van der Waals surface area contributed by atoms with E-state index in [1.54, 1.807) is 0 Å². The SMILES string of the molecule is O=C(O)c1ccncc1NC(=O)C(C(F)(F)F)C(F)(F)F. The summed E-state index contributed by atoms with van der Waals surface area (Å²) in [5.74, 6) is -8.36. The largest absolute Gasteiger partial charge is 0.478 e. The first-order valence-corrected chi connectivity index (χ1v) is 5.06. The number of carboxylic acids is 1. The van der Waals surface area contributed by atoms with Crippen molar-refractivity contribution in [2.24, 2.45) is 5.92 Å². The third-order valence-corrected chi connectivity index (χ3v) is 2.23. The van der Waals surface area contributed by atoms with Crippen LogP contribution in [0.25, 0.3) is 0 Å². The molecule has 0 aliphatic rings. The van der Waals surface area contributed by atoms with Gasteiger partial charge in [0.05, 0.1) is 17.4 Å². The van der Waals surface area contributed by atoms with Gasteiger partial charge in [-0.05, 0) is 6.07 Å². The van der Waals surface area contributed by atoms with Gasteiger partial charge in [0.15, 0.2) is 0 Å². The molecule has 1 amide bonds. The number of carbonyl (C=O) groups excluding carboxylic acids is 1. The van der Waals surface area contributed by atoms with Gasteiger partial charge < -0.3 is 10.4 Å². The van der Waals surface area contributed by atoms with Gasteiger partial charge in [-0.3, -0.25) is 9.78 Å². The molecule has 0 saturated carbocycles. The van der Waals surface area contributed by atoms with Crippen LogP contribution in [0, 0.1) is 5.92 Å². The number of pyridine rings is 1. The summed E-state index contributed by atoms with van der Waals surface area (Å²) in [6.07, 6.45) is -10.2. The minimum absolute atomic E-state index is 0.630. The molecule has 21 heavy (non-hydrogen) atoms. The van der Waals surface area contributed by atoms with Gasteiger partial charge in [0.25, 0.3) is 0 Å². The summed E-state index contributed by atoms with van der Waals surface area (Å²) in [7, 11) is 0. The average molecular weight is 316 g/mol. The standard InChI is InChI=1S/C10H6F6N2O3/c11-9(12,13)6(10(14,15)16)7(19)18-5-3-17-2-1-4(5)8(20)21/h1-3,6H,(H,18,19)(H,20,21). The van der Waals surface area contributed by atoms with E-state index in [-0.39, 0.29) is 0 Å². The minimum atomic E-state index is -5.87. The Bertz CT molecular complexity index is 540. The Morgan fingerprint density at radius 2 is 1.67 bits per heavy atom. The van der Waals surface area contributed by atoms with Crippen LogP contribution in [-0.4, -0.2) is 34.3 Å². The van der Waals surface area contributed by atoms with Crippen LogP contribution in [-0.2, 0) is 4.79 Å². The molecule has 1 rings (SSSR count). The van der Waals surface area contributed by atoms with Crippen LogP contribution in [0.1, 0.15) is 10.4 Å². The molecule has 116 valence electrons. The molecular weight excluding hydrogens is 310 g/mol. The van der Waals surface area contributed by atoms with Gasteiger partial charge in [-0.25, -0.2) is 4.79 Å². The lowest BCUT2D eigenvalue weighted by Crippen LogP contribution is -2.45. The zero-order valence-corrected chi connectivity index (χ0v) is 9.79. The highest BCUT2D eigenvalue weighted by Crippen LogP contribution is 2.40. The smallest absolute Gasteiger partial charge is 0.409 e. The van der Waals surface area contributed by atoms with E-state index in [2.05, 4.69) is 4.98 Å². The maximum atomic E-state index is 12.3. The number of carboxylic acid groups (broad SMARTS) is 1. The topological polar surface area (TPSA) is 79.3 Å². The van der Waals surface area contributed by atoms with E-state index in [1.807, 2.05) is 0 Å². The van der Waals surface area contributed by atoms with Gasteiger partial charge in [0, 0.05) is 6.20 Å². The Kier molecular flexibility index (Phi) is 4.44. The summed E-state index contributed by atoms with van der Waals surface area (Å²) in [5.41, 5.74) is -1.46. The number of rotatable bonds is 3. The summed E-state index contributed by atoms with van der Waals surface area (Å²) in [6, 6.07) is 0.814. The van der Waals surface area contributed by atoms with E-state index < -0.39 is 41.4 Å². The number of halogens is 6. The van der Waals surface area contributed by atoms with E-state index >= 15 is 0 Å². The number of alkyl halides is 6. The molecule has 0 saturated heterocycles. The number of carbonyl (C=O) groups is 2. The van der Waals surface area contributed by atoms with Crippen molar-refractivity contribution in [2.45, 2.75) is 12.4 Å². The fourth-order valence-electron chi connectivity index (χ4n) is 1.37. The molecule has 2 N–H and O–H groups in total. The fourth-order valence-corrected chi connectivity index (χ4v) is 1.37. The Morgan fingerprint density at radius 1 is 1.14 bits per heavy atom. The second-order valence-corrected chi connectivity index (χ2v) is 3.73. The van der Waals surface area contributed by atoms with Crippen LogP contribution in [0.3, 0.4) is 0 Å². The number of aromatic carboxylic acids is 1. The zero-order valence-electron chi connectivity index (χ0n) is 9.79. The third kappa shape index (κ3) is 4.07. The van der Waals surface area contributed by atoms with Crippen molar-refractivity contribution in [3.05, 3.63) is 24.0 Å². The number of nitrogens with zero attached hydrogens (tertiary/aromatic N) is 1. The number of anilines is 1. The molecule has 0 bridgehead atoms. The minimum Gasteiger partial charge on any atom is -0.478 e. The van der Waals surface area contributed by atoms with Crippen molar-refractivity contribution in [1.82, 2.24) is 4.98 Å². The molecule has 0 aliphatic carbocycles. The highest BCUT2D eigenvalue weighted by atomic mass is 19.4. The normalized spacial score (nSPS) is 12.3. The van der Waals surface area contributed by atoms with Gasteiger partial charge in [-0.1, -0.05) is 0 Å². The molecule has 0 aliphatic heterocycles. The molecule has 11 heteroatoms. The second kappa shape index (κ2) is 5.58. The van der Waals surface area contributed by atoms with E-state index in [4.69, 9.17) is 5.11 Å². The Balaban J connectivity index is 3.12. The molecule has 0 atom stereocenters. The molecule has 0 spiro atoms. The summed E-state index contributed by atoms with van der Waals surface area (Å²) in [6.45, 7) is 0. The predicted molar refractivity (Wildman–Crippen MR) is 55.4 cm³/mol. The first kappa shape index (κ1) is 16.7. The summed E-state index contributed by atoms with van der Waals surface area (Å²) < 4.78 is 73.9. The van der Waals surface area contributed by atoms with Gasteiger partial charge in [-0.2, -0.15) is 26.3 Å². The zero-order chi connectivity index (χ0) is 16.4. The average Bonchev–Trinajstić information content (AvgIpc) is 2.24. The highest BCUT2D eigenvalue weighted by molar-refractivity contribution is 6.01. The summed E-state index contributed by atoms with van der Waals surface area (Å²) in [4.78, 5) is 25.3. The summed E-state index contributed by atoms with van der Waals surface area (Å²) in [5, 5.41) is 10.00. The number of hydrogen-bond acceptors (Lipinski definition) is 3. The number of aromatic nitrogens is 1. The van der Waals surface area contributed by atoms with Gasteiger partial charge in [0.1, 0.15) is 0 Å². The molecule has 1 heterocycles. The maximum absolute atomic E-state index is 12.3. The van der Waals surface area contributed by atoms with Crippen LogP contribution >= 0.6 is 0 Å². The van der Waals surface area contributed by atoms with Crippen molar-refractivity contribution in [2.75, 3.05) is 5.32 Å². The monoisotopic (exact) mass is 316 g/mol.